The van der Waals surface area contributed by atoms with Gasteiger partial charge in [-0.15, -0.1) is 0 Å². The average molecular weight is 1460 g/mol. The number of nitrogen functional groups attached to an aromatic ring is 1. The van der Waals surface area contributed by atoms with Crippen LogP contribution in [0, 0.1) is 11.8 Å². The number of aliphatic imine (C=N–C) groups is 1. The maximum Gasteiger partial charge on any atom is 0.334 e. The topological polar surface area (TPSA) is 563 Å². The van der Waals surface area contributed by atoms with Gasteiger partial charge in [0.15, 0.2) is 17.6 Å². The molecule has 0 radical (unpaired) electrons. The summed E-state index contributed by atoms with van der Waals surface area (Å²) in [5.74, 6) is -19.2. The Balaban J connectivity index is 1.44. The fourth-order valence-corrected chi connectivity index (χ4v) is 11.3. The van der Waals surface area contributed by atoms with Gasteiger partial charge in [-0.25, -0.2) is 9.59 Å². The SMILES string of the molecule is CCC(NC(=O)C(C)NC(=O)C(CC(=O)O)NC(=O)C(CCCN)NC(=O)CN=C1CCC(C)CC(=O)NC(CC(=O)c2ccccc2N)C(=O)OCC1CC(=O)C(NC(=O)C(CC(N)=O)NC(=O)C(Cc1c[nH]c2ccccc12)NC(=O)CCCc1ccc(C(C)C)cc1)C(=O)O)C(=O)NCC(N)=O. The van der Waals surface area contributed by atoms with Gasteiger partial charge >= 0.3 is 17.9 Å². The Morgan fingerprint density at radius 2 is 1.31 bits per heavy atom. The van der Waals surface area contributed by atoms with Crippen LogP contribution in [0.5, 0.6) is 0 Å². The molecule has 1 aliphatic rings. The number of para-hydroxylation sites is 2. The molecule has 105 heavy (non-hydrogen) atoms. The molecule has 0 spiro atoms. The van der Waals surface area contributed by atoms with Crippen molar-refractivity contribution < 1.29 is 91.7 Å². The summed E-state index contributed by atoms with van der Waals surface area (Å²) in [5, 5.41) is 42.5. The summed E-state index contributed by atoms with van der Waals surface area (Å²) in [6, 6.07) is 7.27. The van der Waals surface area contributed by atoms with Crippen molar-refractivity contribution in [3.63, 3.8) is 0 Å². The van der Waals surface area contributed by atoms with Crippen LogP contribution in [0.2, 0.25) is 0 Å². The number of nitrogens with one attached hydrogen (secondary N) is 10. The number of ether oxygens (including phenoxy) is 1. The molecule has 10 unspecified atom stereocenters. The first kappa shape index (κ1) is 84.2. The molecule has 0 saturated carbocycles. The van der Waals surface area contributed by atoms with Gasteiger partial charge in [-0.1, -0.05) is 82.3 Å². The number of benzene rings is 3. The molecule has 1 aliphatic heterocycles. The number of amides is 11. The van der Waals surface area contributed by atoms with Crippen molar-refractivity contribution in [3.05, 3.63) is 101 Å². The first-order chi connectivity index (χ1) is 49.8. The number of esters is 1. The molecular weight excluding hydrogens is 1370 g/mol. The minimum atomic E-state index is -2.51. The lowest BCUT2D eigenvalue weighted by atomic mass is 9.89. The van der Waals surface area contributed by atoms with Crippen molar-refractivity contribution in [2.24, 2.45) is 34.0 Å². The molecule has 3 aromatic carbocycles. The molecule has 34 nitrogen and oxygen atoms in total. The lowest BCUT2D eigenvalue weighted by Crippen LogP contribution is -2.58. The lowest BCUT2D eigenvalue weighted by molar-refractivity contribution is -0.150. The van der Waals surface area contributed by atoms with Crippen molar-refractivity contribution in [2.45, 2.75) is 179 Å². The molecule has 2 heterocycles. The average Bonchev–Trinajstić information content (AvgIpc) is 1.82. The molecule has 1 fully saturated rings. The van der Waals surface area contributed by atoms with Crippen LogP contribution in [0.15, 0.2) is 84.0 Å². The number of anilines is 1. The number of rotatable bonds is 39. The summed E-state index contributed by atoms with van der Waals surface area (Å²) < 4.78 is 5.71. The highest BCUT2D eigenvalue weighted by atomic mass is 16.5. The summed E-state index contributed by atoms with van der Waals surface area (Å²) in [7, 11) is 0. The van der Waals surface area contributed by atoms with Crippen LogP contribution in [-0.4, -0.2) is 190 Å². The summed E-state index contributed by atoms with van der Waals surface area (Å²) in [5.41, 5.74) is 25.9. The molecule has 34 heteroatoms. The minimum Gasteiger partial charge on any atom is -0.481 e. The number of cyclic esters (lactones) is 1. The van der Waals surface area contributed by atoms with Gasteiger partial charge in [-0.2, -0.15) is 0 Å². The normalized spacial score (nSPS) is 17.1. The molecule has 1 saturated heterocycles. The zero-order valence-corrected chi connectivity index (χ0v) is 59.2. The zero-order valence-electron chi connectivity index (χ0n) is 59.2. The summed E-state index contributed by atoms with van der Waals surface area (Å²) in [6.45, 7) is 6.13. The van der Waals surface area contributed by atoms with Crippen molar-refractivity contribution >= 4 is 117 Å². The number of carbonyl (C=O) groups is 16. The predicted octanol–water partition coefficient (Wildman–Crippen LogP) is -0.825. The third-order valence-corrected chi connectivity index (χ3v) is 17.2. The first-order valence-corrected chi connectivity index (χ1v) is 34.4. The third-order valence-electron chi connectivity index (χ3n) is 17.2. The van der Waals surface area contributed by atoms with Gasteiger partial charge in [0.1, 0.15) is 48.8 Å². The number of hydrogen-bond donors (Lipinski definition) is 16. The molecule has 1 aromatic heterocycles. The van der Waals surface area contributed by atoms with E-state index in [-0.39, 0.29) is 74.9 Å². The molecular formula is C71H95N15O19. The van der Waals surface area contributed by atoms with Crippen molar-refractivity contribution in [1.82, 2.24) is 52.8 Å². The summed E-state index contributed by atoms with van der Waals surface area (Å²) in [6.07, 6.45) is -1.88. The smallest absolute Gasteiger partial charge is 0.334 e. The predicted molar refractivity (Wildman–Crippen MR) is 380 cm³/mol. The number of aromatic nitrogens is 1. The van der Waals surface area contributed by atoms with E-state index in [2.05, 4.69) is 71.7 Å². The Morgan fingerprint density at radius 1 is 0.686 bits per heavy atom. The maximum absolute atomic E-state index is 14.7. The van der Waals surface area contributed by atoms with Crippen LogP contribution in [0.3, 0.4) is 0 Å². The zero-order chi connectivity index (χ0) is 77.6. The van der Waals surface area contributed by atoms with Crippen LogP contribution in [0.1, 0.15) is 145 Å². The summed E-state index contributed by atoms with van der Waals surface area (Å²) in [4.78, 5) is 223. The molecule has 10 atom stereocenters. The van der Waals surface area contributed by atoms with Crippen molar-refractivity contribution in [2.75, 3.05) is 32.0 Å². The number of hydrogen-bond acceptors (Lipinski definition) is 20. The number of H-pyrrole nitrogens is 1. The third kappa shape index (κ3) is 27.7. The number of ketones is 2. The molecule has 20 N–H and O–H groups in total. The van der Waals surface area contributed by atoms with Crippen LogP contribution >= 0.6 is 0 Å². The lowest BCUT2D eigenvalue weighted by Gasteiger charge is -2.26. The van der Waals surface area contributed by atoms with Gasteiger partial charge in [0.05, 0.1) is 26.0 Å². The highest BCUT2D eigenvalue weighted by molar-refractivity contribution is 6.08. The van der Waals surface area contributed by atoms with E-state index in [1.165, 1.54) is 32.0 Å². The second-order valence-electron chi connectivity index (χ2n) is 26.0. The number of Topliss-reactive ketones (excluding diaryl/α,β-unsaturated/α-hetero) is 2. The number of aliphatic carboxylic acids is 2. The Labute approximate surface area is 605 Å². The molecule has 4 aromatic rings. The van der Waals surface area contributed by atoms with Crippen LogP contribution in [0.4, 0.5) is 5.69 Å². The first-order valence-electron chi connectivity index (χ1n) is 34.4. The number of carboxylic acids is 2. The number of nitrogens with two attached hydrogens (primary N) is 4. The highest BCUT2D eigenvalue weighted by Crippen LogP contribution is 2.24. The van der Waals surface area contributed by atoms with Gasteiger partial charge in [-0.05, 0) is 105 Å². The molecule has 568 valence electrons. The minimum absolute atomic E-state index is 0.00727. The van der Waals surface area contributed by atoms with E-state index in [9.17, 15) is 86.9 Å². The van der Waals surface area contributed by atoms with Crippen LogP contribution < -0.4 is 70.8 Å². The number of carbonyl (C=O) groups excluding carboxylic acids is 14. The number of nitrogens with zero attached hydrogens (tertiary/aromatic N) is 1. The quantitative estimate of drug-likeness (QED) is 0.0112. The van der Waals surface area contributed by atoms with Gasteiger partial charge in [0, 0.05) is 72.1 Å². The number of aryl methyl sites for hydroxylation is 1. The van der Waals surface area contributed by atoms with Crippen LogP contribution in [-0.2, 0) is 89.5 Å². The maximum atomic E-state index is 14.7. The van der Waals surface area contributed by atoms with E-state index in [0.717, 1.165) is 11.1 Å². The van der Waals surface area contributed by atoms with E-state index in [0.29, 0.717) is 35.2 Å². The molecule has 0 aliphatic carbocycles. The van der Waals surface area contributed by atoms with Gasteiger partial charge in [-0.3, -0.25) is 72.1 Å². The van der Waals surface area contributed by atoms with Crippen molar-refractivity contribution in [3.8, 4) is 0 Å². The molecule has 5 rings (SSSR count). The van der Waals surface area contributed by atoms with E-state index >= 15 is 0 Å². The summed E-state index contributed by atoms with van der Waals surface area (Å²) >= 11 is 0. The molecule has 0 bridgehead atoms. The fourth-order valence-electron chi connectivity index (χ4n) is 11.3. The van der Waals surface area contributed by atoms with E-state index in [1.807, 2.05) is 24.3 Å². The van der Waals surface area contributed by atoms with E-state index in [4.69, 9.17) is 27.7 Å². The number of aromatic amines is 1. The Hall–Kier alpha value is -11.5. The Kier molecular flexibility index (Phi) is 33.4. The number of primary amides is 2. The Bertz CT molecular complexity index is 3860. The van der Waals surface area contributed by atoms with E-state index in [1.54, 1.807) is 43.5 Å². The Morgan fingerprint density at radius 3 is 1.95 bits per heavy atom. The highest BCUT2D eigenvalue weighted by Gasteiger charge is 2.38. The van der Waals surface area contributed by atoms with Crippen molar-refractivity contribution in [1.29, 1.82) is 0 Å². The van der Waals surface area contributed by atoms with Gasteiger partial charge in [0.25, 0.3) is 0 Å². The number of carboxylic acid groups (broad SMARTS) is 2. The van der Waals surface area contributed by atoms with Gasteiger partial charge < -0.3 is 90.7 Å². The largest absolute Gasteiger partial charge is 0.481 e. The van der Waals surface area contributed by atoms with E-state index < -0.39 is 200 Å². The van der Waals surface area contributed by atoms with Crippen LogP contribution in [0.25, 0.3) is 10.9 Å². The fraction of sp³-hybridized carbons (Fsp3) is 0.479. The standard InChI is InChI=1S/C71H95N15O19/c1-6-47(65(97)78-34-58(75)90)83-64(96)39(5)79-67(99)53(32-62(94)95)85-66(98)50(18-12-26-72)80-61(93)35-77-48-25-20-38(4)27-60(92)82-54(30-55(87)45-15-7-9-16-46(45)73)71(104)105-36-43(48)29-56(88)63(70(102)103)86-69(101)52(31-57(74)89)84-68(100)51(28-42-33-76-49-17-10-8-14-44(42)49)81-59(91)19-11-13-40-21-23-41(24-22-40)37(2)3/h7-10,14-17,21-24,33,37-39,43,47,50-54,63,76H,6,11-13,18-20,25-32,34-36,72-73H2,1-5H3,(H2,74,89)(H2,75,90)(H,78,97)(H,79,99)(H,80,93)(H,81,91)(H,82,92)(H,83,96)(H,84,100)(H,85,98)(H,86,101)(H,94,95)(H,102,103). The monoisotopic (exact) mass is 1460 g/mol. The number of fused-ring (bicyclic) bond motifs is 1. The van der Waals surface area contributed by atoms with Gasteiger partial charge in [0.2, 0.25) is 65.0 Å². The molecule has 11 amide bonds. The second-order valence-corrected chi connectivity index (χ2v) is 26.0. The second kappa shape index (κ2) is 41.6.